The lowest BCUT2D eigenvalue weighted by molar-refractivity contribution is 0.0963. The summed E-state index contributed by atoms with van der Waals surface area (Å²) in [5.74, 6) is -0.835. The summed E-state index contributed by atoms with van der Waals surface area (Å²) >= 11 is 11.8. The minimum Gasteiger partial charge on any atom is -0.355 e. The molecule has 2 amide bonds. The molecular weight excluding hydrogens is 473 g/mol. The van der Waals surface area contributed by atoms with Crippen molar-refractivity contribution in [1.29, 1.82) is 0 Å². The average molecular weight is 492 g/mol. The fourth-order valence-electron chi connectivity index (χ4n) is 2.97. The van der Waals surface area contributed by atoms with Crippen LogP contribution in [0.1, 0.15) is 26.3 Å². The zero-order valence-corrected chi connectivity index (χ0v) is 19.4. The number of anilines is 2. The van der Waals surface area contributed by atoms with Gasteiger partial charge < -0.3 is 10.6 Å². The number of hydrogen-bond acceptors (Lipinski definition) is 4. The fraction of sp³-hybridized carbons (Fsp3) is 0.0909. The highest BCUT2D eigenvalue weighted by Crippen LogP contribution is 2.26. The van der Waals surface area contributed by atoms with Gasteiger partial charge in [-0.15, -0.1) is 0 Å². The number of nitrogens with one attached hydrogen (secondary N) is 3. The predicted octanol–water partition coefficient (Wildman–Crippen LogP) is 4.71. The zero-order chi connectivity index (χ0) is 23.5. The lowest BCUT2D eigenvalue weighted by atomic mass is 10.1. The minimum atomic E-state index is -3.96. The Hall–Kier alpha value is -3.07. The van der Waals surface area contributed by atoms with Crippen molar-refractivity contribution < 1.29 is 18.0 Å². The summed E-state index contributed by atoms with van der Waals surface area (Å²) in [7, 11) is -2.45. The normalized spacial score (nSPS) is 11.0. The maximum Gasteiger partial charge on any atom is 0.261 e. The second-order valence-corrected chi connectivity index (χ2v) is 9.29. The van der Waals surface area contributed by atoms with Crippen molar-refractivity contribution in [1.82, 2.24) is 5.32 Å². The van der Waals surface area contributed by atoms with E-state index in [2.05, 4.69) is 15.4 Å². The first-order valence-corrected chi connectivity index (χ1v) is 11.6. The molecule has 0 aliphatic rings. The van der Waals surface area contributed by atoms with Crippen LogP contribution >= 0.6 is 23.2 Å². The molecule has 0 radical (unpaired) electrons. The molecule has 3 aromatic carbocycles. The topological polar surface area (TPSA) is 104 Å². The summed E-state index contributed by atoms with van der Waals surface area (Å²) in [5.41, 5.74) is 1.77. The van der Waals surface area contributed by atoms with Gasteiger partial charge in [0.15, 0.2) is 0 Å². The Labute approximate surface area is 195 Å². The lowest BCUT2D eigenvalue weighted by Crippen LogP contribution is -2.22. The average Bonchev–Trinajstić information content (AvgIpc) is 2.75. The number of amides is 2. The van der Waals surface area contributed by atoms with E-state index in [1.165, 1.54) is 49.5 Å². The molecule has 0 heterocycles. The van der Waals surface area contributed by atoms with E-state index in [0.29, 0.717) is 16.8 Å². The molecule has 0 unspecified atom stereocenters. The van der Waals surface area contributed by atoms with Crippen LogP contribution in [0, 0.1) is 6.92 Å². The molecule has 7 nitrogen and oxygen atoms in total. The highest BCUT2D eigenvalue weighted by atomic mass is 35.5. The summed E-state index contributed by atoms with van der Waals surface area (Å²) in [6.45, 7) is 1.76. The van der Waals surface area contributed by atoms with E-state index in [0.717, 1.165) is 0 Å². The van der Waals surface area contributed by atoms with E-state index in [1.807, 2.05) is 0 Å². The monoisotopic (exact) mass is 491 g/mol. The molecule has 32 heavy (non-hydrogen) atoms. The third-order valence-corrected chi connectivity index (χ3v) is 6.67. The summed E-state index contributed by atoms with van der Waals surface area (Å²) in [6, 6.07) is 15.0. The van der Waals surface area contributed by atoms with Crippen molar-refractivity contribution in [2.24, 2.45) is 0 Å². The molecule has 0 aliphatic carbocycles. The van der Waals surface area contributed by atoms with Crippen molar-refractivity contribution in [3.63, 3.8) is 0 Å². The highest BCUT2D eigenvalue weighted by molar-refractivity contribution is 7.92. The Morgan fingerprint density at radius 2 is 1.59 bits per heavy atom. The summed E-state index contributed by atoms with van der Waals surface area (Å²) in [5, 5.41) is 5.60. The Morgan fingerprint density at radius 1 is 0.875 bits per heavy atom. The van der Waals surface area contributed by atoms with Gasteiger partial charge in [-0.05, 0) is 55.0 Å². The van der Waals surface area contributed by atoms with Crippen LogP contribution in [-0.2, 0) is 10.0 Å². The van der Waals surface area contributed by atoms with Gasteiger partial charge in [-0.1, -0.05) is 41.4 Å². The van der Waals surface area contributed by atoms with Crippen LogP contribution in [-0.4, -0.2) is 27.3 Å². The molecule has 0 aliphatic heterocycles. The van der Waals surface area contributed by atoms with Gasteiger partial charge in [0.05, 0.1) is 26.2 Å². The Kier molecular flexibility index (Phi) is 7.08. The van der Waals surface area contributed by atoms with Crippen molar-refractivity contribution in [3.8, 4) is 0 Å². The number of rotatable bonds is 6. The predicted molar refractivity (Wildman–Crippen MR) is 126 cm³/mol. The van der Waals surface area contributed by atoms with E-state index in [-0.39, 0.29) is 32.1 Å². The van der Waals surface area contributed by atoms with E-state index >= 15 is 0 Å². The van der Waals surface area contributed by atoms with Crippen LogP contribution in [0.3, 0.4) is 0 Å². The number of benzene rings is 3. The van der Waals surface area contributed by atoms with Crippen molar-refractivity contribution in [2.45, 2.75) is 11.8 Å². The Bertz CT molecular complexity index is 1310. The van der Waals surface area contributed by atoms with Crippen molar-refractivity contribution in [3.05, 3.63) is 87.4 Å². The number of hydrogen-bond donors (Lipinski definition) is 3. The van der Waals surface area contributed by atoms with Crippen LogP contribution in [0.15, 0.2) is 65.6 Å². The van der Waals surface area contributed by atoms with Crippen LogP contribution < -0.4 is 15.4 Å². The number of aryl methyl sites for hydroxylation is 1. The van der Waals surface area contributed by atoms with E-state index < -0.39 is 15.9 Å². The van der Waals surface area contributed by atoms with Gasteiger partial charge in [0, 0.05) is 18.3 Å². The molecule has 3 aromatic rings. The van der Waals surface area contributed by atoms with Crippen molar-refractivity contribution >= 4 is 56.4 Å². The molecule has 0 aromatic heterocycles. The third-order valence-electron chi connectivity index (χ3n) is 4.55. The fourth-order valence-corrected chi connectivity index (χ4v) is 4.41. The minimum absolute atomic E-state index is 0.0725. The van der Waals surface area contributed by atoms with Gasteiger partial charge in [0.2, 0.25) is 0 Å². The first kappa shape index (κ1) is 23.6. The molecule has 0 saturated carbocycles. The number of carbonyl (C=O) groups is 2. The van der Waals surface area contributed by atoms with Crippen LogP contribution in [0.2, 0.25) is 10.0 Å². The SMILES string of the molecule is CNC(=O)c1c(C)cccc1NC(=O)c1cccc(NS(=O)(=O)c2ccc(Cl)c(Cl)c2)c1. The zero-order valence-electron chi connectivity index (χ0n) is 17.1. The highest BCUT2D eigenvalue weighted by Gasteiger charge is 2.18. The molecule has 3 N–H and O–H groups in total. The van der Waals surface area contributed by atoms with E-state index in [4.69, 9.17) is 23.2 Å². The maximum absolute atomic E-state index is 12.8. The van der Waals surface area contributed by atoms with Gasteiger partial charge in [0.25, 0.3) is 21.8 Å². The quantitative estimate of drug-likeness (QED) is 0.464. The maximum atomic E-state index is 12.8. The van der Waals surface area contributed by atoms with Gasteiger partial charge in [-0.3, -0.25) is 14.3 Å². The van der Waals surface area contributed by atoms with Crippen LogP contribution in [0.5, 0.6) is 0 Å². The Morgan fingerprint density at radius 3 is 2.28 bits per heavy atom. The number of halogens is 2. The first-order chi connectivity index (χ1) is 15.1. The molecule has 3 rings (SSSR count). The molecule has 166 valence electrons. The summed E-state index contributed by atoms with van der Waals surface area (Å²) in [6.07, 6.45) is 0. The van der Waals surface area contributed by atoms with Crippen LogP contribution in [0.4, 0.5) is 11.4 Å². The molecule has 0 saturated heterocycles. The lowest BCUT2D eigenvalue weighted by Gasteiger charge is -2.13. The van der Waals surface area contributed by atoms with Gasteiger partial charge in [-0.2, -0.15) is 0 Å². The van der Waals surface area contributed by atoms with Gasteiger partial charge in [-0.25, -0.2) is 8.42 Å². The molecule has 10 heteroatoms. The molecule has 0 bridgehead atoms. The molecule has 0 fully saturated rings. The summed E-state index contributed by atoms with van der Waals surface area (Å²) < 4.78 is 27.8. The largest absolute Gasteiger partial charge is 0.355 e. The second kappa shape index (κ2) is 9.60. The Balaban J connectivity index is 1.85. The molecule has 0 atom stereocenters. The second-order valence-electron chi connectivity index (χ2n) is 6.79. The first-order valence-electron chi connectivity index (χ1n) is 9.33. The standard InChI is InChI=1S/C22H19Cl2N3O4S/c1-13-5-3-8-19(20(13)22(29)25-2)26-21(28)14-6-4-7-15(11-14)27-32(30,31)16-9-10-17(23)18(24)12-16/h3-12,27H,1-2H3,(H,25,29)(H,26,28). The summed E-state index contributed by atoms with van der Waals surface area (Å²) in [4.78, 5) is 24.9. The van der Waals surface area contributed by atoms with Gasteiger partial charge in [0.1, 0.15) is 0 Å². The van der Waals surface area contributed by atoms with Gasteiger partial charge >= 0.3 is 0 Å². The van der Waals surface area contributed by atoms with E-state index in [9.17, 15) is 18.0 Å². The molecule has 0 spiro atoms. The number of sulfonamides is 1. The molecular formula is C22H19Cl2N3O4S. The van der Waals surface area contributed by atoms with Crippen LogP contribution in [0.25, 0.3) is 0 Å². The smallest absolute Gasteiger partial charge is 0.261 e. The van der Waals surface area contributed by atoms with Crippen molar-refractivity contribution in [2.75, 3.05) is 17.1 Å². The third kappa shape index (κ3) is 5.21. The number of carbonyl (C=O) groups excluding carboxylic acids is 2. The van der Waals surface area contributed by atoms with E-state index in [1.54, 1.807) is 25.1 Å².